The summed E-state index contributed by atoms with van der Waals surface area (Å²) in [7, 11) is -3.78. The van der Waals surface area contributed by atoms with Gasteiger partial charge in [-0.25, -0.2) is 8.42 Å². The van der Waals surface area contributed by atoms with E-state index in [9.17, 15) is 22.0 Å². The second kappa shape index (κ2) is 7.61. The number of amides is 1. The summed E-state index contributed by atoms with van der Waals surface area (Å²) in [4.78, 5) is 11.2. The minimum atomic E-state index is -3.78. The lowest BCUT2D eigenvalue weighted by Gasteiger charge is -2.28. The number of hydrogen-bond donors (Lipinski definition) is 1. The van der Waals surface area contributed by atoms with Crippen LogP contribution in [0.3, 0.4) is 0 Å². The summed E-state index contributed by atoms with van der Waals surface area (Å²) in [5.41, 5.74) is 2.44. The number of alkyl halides is 2. The smallest absolute Gasteiger partial charge is 0.387 e. The molecule has 3 rings (SSSR count). The van der Waals surface area contributed by atoms with Gasteiger partial charge in [-0.15, -0.1) is 0 Å². The maximum atomic E-state index is 12.9. The third kappa shape index (κ3) is 4.42. The summed E-state index contributed by atoms with van der Waals surface area (Å²) in [5.74, 6) is -0.311. The Morgan fingerprint density at radius 3 is 2.48 bits per heavy atom. The molecule has 0 bridgehead atoms. The first-order valence-corrected chi connectivity index (χ1v) is 9.64. The van der Waals surface area contributed by atoms with Crippen LogP contribution in [0.2, 0.25) is 0 Å². The fourth-order valence-electron chi connectivity index (χ4n) is 2.96. The maximum absolute atomic E-state index is 12.9. The number of nitrogens with zero attached hydrogens (tertiary/aromatic N) is 1. The highest BCUT2D eigenvalue weighted by Gasteiger charge is 2.28. The Morgan fingerprint density at radius 2 is 1.85 bits per heavy atom. The first-order chi connectivity index (χ1) is 12.8. The van der Waals surface area contributed by atoms with Gasteiger partial charge in [-0.2, -0.15) is 13.1 Å². The minimum Gasteiger partial charge on any atom is -0.435 e. The lowest BCUT2D eigenvalue weighted by atomic mass is 10.0. The summed E-state index contributed by atoms with van der Waals surface area (Å²) in [6.07, 6.45) is 0.543. The molecule has 1 heterocycles. The van der Waals surface area contributed by atoms with Crippen molar-refractivity contribution in [3.63, 3.8) is 0 Å². The topological polar surface area (TPSA) is 75.7 Å². The van der Waals surface area contributed by atoms with E-state index in [0.717, 1.165) is 11.1 Å². The van der Waals surface area contributed by atoms with Crippen molar-refractivity contribution in [2.24, 2.45) is 0 Å². The molecule has 0 aromatic heterocycles. The Labute approximate surface area is 155 Å². The molecule has 1 amide bonds. The van der Waals surface area contributed by atoms with Crippen LogP contribution >= 0.6 is 0 Å². The van der Waals surface area contributed by atoms with E-state index in [1.54, 1.807) is 12.1 Å². The average Bonchev–Trinajstić information content (AvgIpc) is 2.60. The van der Waals surface area contributed by atoms with E-state index in [4.69, 9.17) is 0 Å². The highest BCUT2D eigenvalue weighted by atomic mass is 32.2. The van der Waals surface area contributed by atoms with Gasteiger partial charge in [0.1, 0.15) is 5.75 Å². The predicted octanol–water partition coefficient (Wildman–Crippen LogP) is 2.99. The monoisotopic (exact) mass is 396 g/mol. The molecule has 2 aromatic rings. The molecule has 0 saturated heterocycles. The molecule has 0 unspecified atom stereocenters. The van der Waals surface area contributed by atoms with Crippen molar-refractivity contribution in [1.82, 2.24) is 4.31 Å². The third-order valence-electron chi connectivity index (χ3n) is 4.19. The van der Waals surface area contributed by atoms with Gasteiger partial charge in [-0.05, 0) is 53.9 Å². The quantitative estimate of drug-likeness (QED) is 0.843. The Balaban J connectivity index is 1.81. The van der Waals surface area contributed by atoms with Crippen LogP contribution in [0.5, 0.6) is 5.75 Å². The number of anilines is 1. The van der Waals surface area contributed by atoms with E-state index in [-0.39, 0.29) is 23.1 Å². The minimum absolute atomic E-state index is 0.00517. The Hall–Kier alpha value is -2.52. The van der Waals surface area contributed by atoms with Crippen molar-refractivity contribution < 1.29 is 26.7 Å². The van der Waals surface area contributed by atoms with E-state index in [1.165, 1.54) is 35.5 Å². The number of carbonyl (C=O) groups is 1. The number of fused-ring (bicyclic) bond motifs is 1. The number of nitrogens with one attached hydrogen (secondary N) is 1. The van der Waals surface area contributed by atoms with Gasteiger partial charge in [0.15, 0.2) is 0 Å². The molecular weight excluding hydrogens is 378 g/mol. The van der Waals surface area contributed by atoms with Crippen molar-refractivity contribution in [1.29, 1.82) is 0 Å². The van der Waals surface area contributed by atoms with Crippen molar-refractivity contribution in [3.8, 4) is 5.75 Å². The van der Waals surface area contributed by atoms with Crippen molar-refractivity contribution in [3.05, 3.63) is 53.6 Å². The van der Waals surface area contributed by atoms with Crippen molar-refractivity contribution >= 4 is 21.6 Å². The Morgan fingerprint density at radius 1 is 1.15 bits per heavy atom. The third-order valence-corrected chi connectivity index (χ3v) is 6.05. The SMILES string of the molecule is CC(=O)Nc1ccc2c(c1)CN(S(=O)(=O)c1ccc(OC(F)F)cc1)CC2. The van der Waals surface area contributed by atoms with E-state index >= 15 is 0 Å². The van der Waals surface area contributed by atoms with Crippen LogP contribution in [-0.2, 0) is 27.8 Å². The second-order valence-electron chi connectivity index (χ2n) is 6.10. The number of rotatable bonds is 5. The number of carbonyl (C=O) groups excluding carboxylic acids is 1. The van der Waals surface area contributed by atoms with Crippen LogP contribution in [0.15, 0.2) is 47.4 Å². The van der Waals surface area contributed by atoms with Gasteiger partial charge in [-0.1, -0.05) is 6.07 Å². The first kappa shape index (κ1) is 19.2. The number of halogens is 2. The van der Waals surface area contributed by atoms with Crippen LogP contribution in [0.1, 0.15) is 18.1 Å². The van der Waals surface area contributed by atoms with Gasteiger partial charge >= 0.3 is 6.61 Å². The van der Waals surface area contributed by atoms with E-state index in [1.807, 2.05) is 6.07 Å². The van der Waals surface area contributed by atoms with Gasteiger partial charge < -0.3 is 10.1 Å². The van der Waals surface area contributed by atoms with Crippen LogP contribution in [0.4, 0.5) is 14.5 Å². The zero-order valence-electron chi connectivity index (χ0n) is 14.5. The molecule has 27 heavy (non-hydrogen) atoms. The van der Waals surface area contributed by atoms with Gasteiger partial charge in [0, 0.05) is 25.7 Å². The fraction of sp³-hybridized carbons (Fsp3) is 0.278. The van der Waals surface area contributed by atoms with E-state index < -0.39 is 16.6 Å². The van der Waals surface area contributed by atoms with Crippen molar-refractivity contribution in [2.45, 2.75) is 31.4 Å². The zero-order valence-corrected chi connectivity index (χ0v) is 15.3. The summed E-state index contributed by atoms with van der Waals surface area (Å²) in [6, 6.07) is 10.3. The Bertz CT molecular complexity index is 946. The van der Waals surface area contributed by atoms with Gasteiger partial charge in [0.05, 0.1) is 4.90 Å². The molecule has 6 nitrogen and oxygen atoms in total. The molecule has 1 aliphatic rings. The molecule has 9 heteroatoms. The molecule has 144 valence electrons. The maximum Gasteiger partial charge on any atom is 0.387 e. The standard InChI is InChI=1S/C18H18F2N2O4S/c1-12(23)21-15-3-2-13-8-9-22(11-14(13)10-15)27(24,25)17-6-4-16(5-7-17)26-18(19)20/h2-7,10,18H,8-9,11H2,1H3,(H,21,23). The molecule has 1 N–H and O–H groups in total. The highest BCUT2D eigenvalue weighted by molar-refractivity contribution is 7.89. The molecule has 0 radical (unpaired) electrons. The number of hydrogen-bond acceptors (Lipinski definition) is 4. The van der Waals surface area contributed by atoms with Gasteiger partial charge in [0.25, 0.3) is 0 Å². The van der Waals surface area contributed by atoms with Crippen LogP contribution in [0.25, 0.3) is 0 Å². The molecule has 0 spiro atoms. The Kier molecular flexibility index (Phi) is 5.43. The summed E-state index contributed by atoms with van der Waals surface area (Å²) in [5, 5.41) is 2.68. The molecule has 1 aliphatic heterocycles. The summed E-state index contributed by atoms with van der Waals surface area (Å²) in [6.45, 7) is -1.09. The number of ether oxygens (including phenoxy) is 1. The van der Waals surface area contributed by atoms with Crippen LogP contribution in [-0.4, -0.2) is 31.8 Å². The van der Waals surface area contributed by atoms with Crippen molar-refractivity contribution in [2.75, 3.05) is 11.9 Å². The van der Waals surface area contributed by atoms with Crippen LogP contribution in [0, 0.1) is 0 Å². The van der Waals surface area contributed by atoms with Gasteiger partial charge in [0.2, 0.25) is 15.9 Å². The second-order valence-corrected chi connectivity index (χ2v) is 8.04. The molecule has 0 saturated carbocycles. The van der Waals surface area contributed by atoms with Gasteiger partial charge in [-0.3, -0.25) is 4.79 Å². The average molecular weight is 396 g/mol. The summed E-state index contributed by atoms with van der Waals surface area (Å²) < 4.78 is 55.7. The molecule has 0 aliphatic carbocycles. The van der Waals surface area contributed by atoms with Crippen LogP contribution < -0.4 is 10.1 Å². The number of sulfonamides is 1. The number of benzene rings is 2. The highest BCUT2D eigenvalue weighted by Crippen LogP contribution is 2.28. The predicted molar refractivity (Wildman–Crippen MR) is 95.1 cm³/mol. The molecular formula is C18H18F2N2O4S. The largest absolute Gasteiger partial charge is 0.435 e. The molecule has 2 aromatic carbocycles. The summed E-state index contributed by atoms with van der Waals surface area (Å²) >= 11 is 0. The van der Waals surface area contributed by atoms with E-state index in [0.29, 0.717) is 18.7 Å². The molecule has 0 atom stereocenters. The lowest BCUT2D eigenvalue weighted by molar-refractivity contribution is -0.114. The normalized spacial score (nSPS) is 14.7. The molecule has 0 fully saturated rings. The first-order valence-electron chi connectivity index (χ1n) is 8.20. The fourth-order valence-corrected chi connectivity index (χ4v) is 4.38. The zero-order chi connectivity index (χ0) is 19.6. The van der Waals surface area contributed by atoms with E-state index in [2.05, 4.69) is 10.1 Å². The lowest BCUT2D eigenvalue weighted by Crippen LogP contribution is -2.36.